The first-order valence-electron chi connectivity index (χ1n) is 13.8. The van der Waals surface area contributed by atoms with E-state index in [9.17, 15) is 35.9 Å². The van der Waals surface area contributed by atoms with Gasteiger partial charge in [0.1, 0.15) is 17.9 Å². The molecule has 3 aromatic rings. The Bertz CT molecular complexity index is 1590. The van der Waals surface area contributed by atoms with Gasteiger partial charge in [0.25, 0.3) is 5.91 Å². The quantitative estimate of drug-likeness (QED) is 0.238. The molecular formula is C28H31Cl2F6N7O2. The number of fused-ring (bicyclic) bond motifs is 1. The van der Waals surface area contributed by atoms with Crippen molar-refractivity contribution < 1.29 is 35.9 Å². The number of amides is 2. The molecular weight excluding hydrogens is 651 g/mol. The number of aromatic nitrogens is 3. The largest absolute Gasteiger partial charge is 0.405 e. The third-order valence-electron chi connectivity index (χ3n) is 7.30. The van der Waals surface area contributed by atoms with E-state index in [1.807, 2.05) is 0 Å². The van der Waals surface area contributed by atoms with Crippen molar-refractivity contribution in [1.29, 1.82) is 0 Å². The van der Waals surface area contributed by atoms with Crippen LogP contribution < -0.4 is 20.9 Å². The molecule has 0 spiro atoms. The molecule has 246 valence electrons. The van der Waals surface area contributed by atoms with Crippen molar-refractivity contribution in [3.63, 3.8) is 0 Å². The molecule has 0 saturated carbocycles. The Labute approximate surface area is 264 Å². The van der Waals surface area contributed by atoms with Crippen LogP contribution in [0.3, 0.4) is 0 Å². The van der Waals surface area contributed by atoms with Gasteiger partial charge < -0.3 is 20.9 Å². The molecule has 3 N–H and O–H groups in total. The Kier molecular flexibility index (Phi) is 9.74. The number of pyridine rings is 1. The van der Waals surface area contributed by atoms with Crippen LogP contribution in [-0.2, 0) is 18.4 Å². The number of carbonyl (C=O) groups excluding carboxylic acids is 2. The number of aryl methyl sites for hydroxylation is 1. The Hall–Kier alpha value is -3.46. The number of rotatable bonds is 7. The maximum atomic E-state index is 13.3. The molecule has 4 rings (SSSR count). The highest BCUT2D eigenvalue weighted by Gasteiger charge is 2.42. The molecule has 0 aliphatic carbocycles. The van der Waals surface area contributed by atoms with Gasteiger partial charge in [0.05, 0.1) is 27.2 Å². The first-order chi connectivity index (χ1) is 20.8. The van der Waals surface area contributed by atoms with Crippen molar-refractivity contribution in [3.8, 4) is 0 Å². The van der Waals surface area contributed by atoms with Gasteiger partial charge in [-0.15, -0.1) is 0 Å². The molecule has 1 fully saturated rings. The fourth-order valence-electron chi connectivity index (χ4n) is 4.72. The Morgan fingerprint density at radius 1 is 1.00 bits per heavy atom. The summed E-state index contributed by atoms with van der Waals surface area (Å²) < 4.78 is 80.0. The van der Waals surface area contributed by atoms with Gasteiger partial charge in [-0.25, -0.2) is 9.97 Å². The number of halogens is 8. The maximum absolute atomic E-state index is 13.3. The molecule has 0 bridgehead atoms. The number of benzene rings is 1. The molecule has 45 heavy (non-hydrogen) atoms. The lowest BCUT2D eigenvalue weighted by molar-refractivity contribution is -0.179. The van der Waals surface area contributed by atoms with Crippen LogP contribution in [0.5, 0.6) is 0 Å². The van der Waals surface area contributed by atoms with Gasteiger partial charge >= 0.3 is 12.4 Å². The summed E-state index contributed by atoms with van der Waals surface area (Å²) in [6, 6.07) is 4.46. The van der Waals surface area contributed by atoms with Crippen molar-refractivity contribution in [1.82, 2.24) is 25.2 Å². The second-order valence-electron chi connectivity index (χ2n) is 11.8. The van der Waals surface area contributed by atoms with Crippen molar-refractivity contribution >= 4 is 63.6 Å². The van der Waals surface area contributed by atoms with Gasteiger partial charge in [-0.1, -0.05) is 50.0 Å². The van der Waals surface area contributed by atoms with Gasteiger partial charge in [-0.3, -0.25) is 14.2 Å². The topological polar surface area (TPSA) is 104 Å². The standard InChI is InChI=1S/C28H31Cl2F6N7O2/c1-26(2,3)24(45)37-12-14-5-6-17(29)20(19(14)30)40-25-39-18-11-16(23(44)38-13-27(31,32)33)21(41-22(18)42(25)4)43-9-7-15(8-10-43)28(34,35)36/h5-6,11,15H,7-10,12-13H2,1-4H3,(H,37,45)(H,38,44)(H,39,40). The van der Waals surface area contributed by atoms with Crippen molar-refractivity contribution in [2.75, 3.05) is 29.9 Å². The number of nitrogens with zero attached hydrogens (tertiary/aromatic N) is 4. The minimum atomic E-state index is -4.69. The molecule has 2 aromatic heterocycles. The molecule has 1 aromatic carbocycles. The molecule has 1 aliphatic rings. The van der Waals surface area contributed by atoms with Crippen LogP contribution in [0.4, 0.5) is 43.8 Å². The minimum absolute atomic E-state index is 0.0648. The van der Waals surface area contributed by atoms with Crippen LogP contribution in [0.25, 0.3) is 11.2 Å². The minimum Gasteiger partial charge on any atom is -0.356 e. The summed E-state index contributed by atoms with van der Waals surface area (Å²) in [6.45, 7) is 3.55. The summed E-state index contributed by atoms with van der Waals surface area (Å²) >= 11 is 13.1. The third kappa shape index (κ3) is 8.04. The summed E-state index contributed by atoms with van der Waals surface area (Å²) in [5.74, 6) is -2.76. The van der Waals surface area contributed by atoms with Crippen molar-refractivity contribution in [3.05, 3.63) is 39.4 Å². The first kappa shape index (κ1) is 34.4. The molecule has 2 amide bonds. The van der Waals surface area contributed by atoms with E-state index in [0.717, 1.165) is 0 Å². The number of carbonyl (C=O) groups is 2. The zero-order valence-corrected chi connectivity index (χ0v) is 26.2. The highest BCUT2D eigenvalue weighted by atomic mass is 35.5. The number of hydrogen-bond acceptors (Lipinski definition) is 6. The zero-order valence-electron chi connectivity index (χ0n) is 24.7. The summed E-state index contributed by atoms with van der Waals surface area (Å²) in [4.78, 5) is 35.7. The van der Waals surface area contributed by atoms with Crippen LogP contribution in [0.15, 0.2) is 18.2 Å². The van der Waals surface area contributed by atoms with Gasteiger partial charge in [0, 0.05) is 32.1 Å². The third-order valence-corrected chi connectivity index (χ3v) is 8.05. The highest BCUT2D eigenvalue weighted by Crippen LogP contribution is 2.38. The second-order valence-corrected chi connectivity index (χ2v) is 12.5. The van der Waals surface area contributed by atoms with Crippen LogP contribution in [0, 0.1) is 11.3 Å². The number of anilines is 3. The number of alkyl halides is 6. The number of piperidine rings is 1. The highest BCUT2D eigenvalue weighted by molar-refractivity contribution is 6.39. The molecule has 0 atom stereocenters. The Morgan fingerprint density at radius 2 is 1.64 bits per heavy atom. The number of imidazole rings is 1. The smallest absolute Gasteiger partial charge is 0.356 e. The van der Waals surface area contributed by atoms with Crippen molar-refractivity contribution in [2.24, 2.45) is 18.4 Å². The summed E-state index contributed by atoms with van der Waals surface area (Å²) in [7, 11) is 1.57. The normalized spacial score (nSPS) is 15.0. The lowest BCUT2D eigenvalue weighted by Crippen LogP contribution is -2.41. The van der Waals surface area contributed by atoms with Crippen LogP contribution in [0.2, 0.25) is 10.0 Å². The average molecular weight is 682 g/mol. The molecule has 0 radical (unpaired) electrons. The van der Waals surface area contributed by atoms with E-state index in [0.29, 0.717) is 5.56 Å². The van der Waals surface area contributed by atoms with E-state index in [2.05, 4.69) is 20.6 Å². The fourth-order valence-corrected chi connectivity index (χ4v) is 5.25. The summed E-state index contributed by atoms with van der Waals surface area (Å²) in [5, 5.41) is 8.03. The van der Waals surface area contributed by atoms with Gasteiger partial charge in [0.15, 0.2) is 5.65 Å². The Balaban J connectivity index is 1.70. The van der Waals surface area contributed by atoms with E-state index >= 15 is 0 Å². The predicted molar refractivity (Wildman–Crippen MR) is 159 cm³/mol. The second kappa shape index (κ2) is 12.7. The number of hydrogen-bond donors (Lipinski definition) is 3. The van der Waals surface area contributed by atoms with E-state index in [-0.39, 0.29) is 82.6 Å². The zero-order chi connectivity index (χ0) is 33.5. The van der Waals surface area contributed by atoms with Gasteiger partial charge in [-0.2, -0.15) is 26.3 Å². The van der Waals surface area contributed by atoms with Crippen LogP contribution in [0.1, 0.15) is 49.5 Å². The predicted octanol–water partition coefficient (Wildman–Crippen LogP) is 6.75. The first-order valence-corrected chi connectivity index (χ1v) is 14.6. The van der Waals surface area contributed by atoms with Crippen LogP contribution in [-0.4, -0.2) is 58.3 Å². The molecule has 1 aliphatic heterocycles. The fraction of sp³-hybridized carbons (Fsp3) is 0.500. The van der Waals surface area contributed by atoms with Gasteiger partial charge in [-0.05, 0) is 30.5 Å². The summed E-state index contributed by atoms with van der Waals surface area (Å²) in [6.07, 6.45) is -9.62. The lowest BCUT2D eigenvalue weighted by Gasteiger charge is -2.34. The van der Waals surface area contributed by atoms with Gasteiger partial charge in [0.2, 0.25) is 11.9 Å². The average Bonchev–Trinajstić information content (AvgIpc) is 3.25. The molecule has 0 unspecified atom stereocenters. The maximum Gasteiger partial charge on any atom is 0.405 e. The monoisotopic (exact) mass is 681 g/mol. The van der Waals surface area contributed by atoms with E-state index in [1.165, 1.54) is 15.5 Å². The van der Waals surface area contributed by atoms with Crippen LogP contribution >= 0.6 is 23.2 Å². The van der Waals surface area contributed by atoms with E-state index < -0.39 is 36.1 Å². The SMILES string of the molecule is Cn1c(Nc2c(Cl)ccc(CNC(=O)C(C)(C)C)c2Cl)nc2cc(C(=O)NCC(F)(F)F)c(N3CCC(C(F)(F)F)CC3)nc21. The molecule has 9 nitrogen and oxygen atoms in total. The Morgan fingerprint density at radius 3 is 2.22 bits per heavy atom. The number of nitrogens with one attached hydrogen (secondary N) is 3. The molecule has 1 saturated heterocycles. The van der Waals surface area contributed by atoms with Crippen molar-refractivity contribution in [2.45, 2.75) is 52.5 Å². The summed E-state index contributed by atoms with van der Waals surface area (Å²) in [5.41, 5.74) is 0.207. The van der Waals surface area contributed by atoms with E-state index in [4.69, 9.17) is 23.2 Å². The molecule has 17 heteroatoms. The molecule has 3 heterocycles. The lowest BCUT2D eigenvalue weighted by atomic mass is 9.95. The van der Waals surface area contributed by atoms with E-state index in [1.54, 1.807) is 45.3 Å².